The lowest BCUT2D eigenvalue weighted by atomic mass is 10.2. The van der Waals surface area contributed by atoms with Gasteiger partial charge in [-0.3, -0.25) is 0 Å². The van der Waals surface area contributed by atoms with Gasteiger partial charge in [-0.05, 0) is 27.2 Å². The van der Waals surface area contributed by atoms with Crippen LogP contribution in [0.4, 0.5) is 4.79 Å². The molecule has 0 heterocycles. The van der Waals surface area contributed by atoms with Crippen LogP contribution in [0.25, 0.3) is 0 Å². The second-order valence-electron chi connectivity index (χ2n) is 4.02. The Bertz CT molecular complexity index is 177. The zero-order valence-corrected chi connectivity index (χ0v) is 9.37. The molecule has 0 spiro atoms. The molecule has 1 amide bonds. The number of hydrogen-bond donors (Lipinski definition) is 1. The van der Waals surface area contributed by atoms with Gasteiger partial charge in [-0.2, -0.15) is 0 Å². The van der Waals surface area contributed by atoms with Crippen LogP contribution in [0, 0.1) is 0 Å². The Hall–Kier alpha value is -0.810. The average Bonchev–Trinajstić information content (AvgIpc) is 2.01. The summed E-state index contributed by atoms with van der Waals surface area (Å²) >= 11 is 0. The Morgan fingerprint density at radius 1 is 1.43 bits per heavy atom. The molecule has 0 unspecified atom stereocenters. The van der Waals surface area contributed by atoms with Crippen molar-refractivity contribution in [2.75, 3.05) is 20.3 Å². The molecule has 2 N–H and O–H groups in total. The number of methoxy groups -OCH3 is 1. The maximum absolute atomic E-state index is 11.3. The van der Waals surface area contributed by atoms with Gasteiger partial charge in [0.05, 0.1) is 0 Å². The zero-order valence-electron chi connectivity index (χ0n) is 9.37. The third-order valence-electron chi connectivity index (χ3n) is 1.38. The molecule has 0 atom stereocenters. The standard InChI is InChI=1S/C9H20N2O3/c1-9(2,3)14-8(12)11(10)6-5-7-13-4/h5-7,10H2,1-4H3. The molecule has 5 nitrogen and oxygen atoms in total. The third kappa shape index (κ3) is 6.68. The van der Waals surface area contributed by atoms with E-state index in [-0.39, 0.29) is 0 Å². The molecule has 0 saturated heterocycles. The first-order valence-electron chi connectivity index (χ1n) is 4.61. The smallest absolute Gasteiger partial charge is 0.424 e. The van der Waals surface area contributed by atoms with Crippen LogP contribution in [0.2, 0.25) is 0 Å². The van der Waals surface area contributed by atoms with Crippen LogP contribution in [-0.2, 0) is 9.47 Å². The lowest BCUT2D eigenvalue weighted by Gasteiger charge is -2.24. The molecule has 0 fully saturated rings. The number of hydrazine groups is 1. The fourth-order valence-electron chi connectivity index (χ4n) is 0.791. The number of nitrogens with two attached hydrogens (primary N) is 1. The third-order valence-corrected chi connectivity index (χ3v) is 1.38. The average molecular weight is 204 g/mol. The van der Waals surface area contributed by atoms with Crippen molar-refractivity contribution in [1.29, 1.82) is 0 Å². The van der Waals surface area contributed by atoms with Gasteiger partial charge in [0.25, 0.3) is 0 Å². The first kappa shape index (κ1) is 13.2. The van der Waals surface area contributed by atoms with E-state index in [1.807, 2.05) is 0 Å². The molecule has 0 aromatic heterocycles. The molecule has 0 aliphatic carbocycles. The molecule has 0 radical (unpaired) electrons. The van der Waals surface area contributed by atoms with Crippen LogP contribution in [0.1, 0.15) is 27.2 Å². The van der Waals surface area contributed by atoms with Crippen molar-refractivity contribution >= 4 is 6.09 Å². The molecule has 0 aromatic carbocycles. The zero-order chi connectivity index (χ0) is 11.2. The summed E-state index contributed by atoms with van der Waals surface area (Å²) in [6.45, 7) is 6.41. The normalized spacial score (nSPS) is 11.2. The van der Waals surface area contributed by atoms with Crippen molar-refractivity contribution in [1.82, 2.24) is 5.01 Å². The lowest BCUT2D eigenvalue weighted by molar-refractivity contribution is 0.0233. The number of carbonyl (C=O) groups is 1. The fraction of sp³-hybridized carbons (Fsp3) is 0.889. The van der Waals surface area contributed by atoms with Crippen LogP contribution in [0.5, 0.6) is 0 Å². The van der Waals surface area contributed by atoms with Gasteiger partial charge in [0.15, 0.2) is 0 Å². The van der Waals surface area contributed by atoms with Crippen LogP contribution in [0.3, 0.4) is 0 Å². The molecular formula is C9H20N2O3. The summed E-state index contributed by atoms with van der Waals surface area (Å²) < 4.78 is 9.89. The number of ether oxygens (including phenoxy) is 2. The molecule has 84 valence electrons. The molecule has 0 aliphatic rings. The minimum Gasteiger partial charge on any atom is -0.443 e. The summed E-state index contributed by atoms with van der Waals surface area (Å²) in [5.74, 6) is 5.47. The SMILES string of the molecule is COCCCN(N)C(=O)OC(C)(C)C. The van der Waals surface area contributed by atoms with E-state index in [1.54, 1.807) is 27.9 Å². The second-order valence-corrected chi connectivity index (χ2v) is 4.02. The van der Waals surface area contributed by atoms with Crippen molar-refractivity contribution < 1.29 is 14.3 Å². The topological polar surface area (TPSA) is 64.8 Å². The molecule has 0 bridgehead atoms. The van der Waals surface area contributed by atoms with Crippen molar-refractivity contribution in [2.45, 2.75) is 32.8 Å². The van der Waals surface area contributed by atoms with Crippen molar-refractivity contribution in [2.24, 2.45) is 5.84 Å². The maximum atomic E-state index is 11.3. The molecule has 14 heavy (non-hydrogen) atoms. The van der Waals surface area contributed by atoms with Gasteiger partial charge in [0.1, 0.15) is 5.60 Å². The van der Waals surface area contributed by atoms with E-state index >= 15 is 0 Å². The highest BCUT2D eigenvalue weighted by Gasteiger charge is 2.19. The number of nitrogens with zero attached hydrogens (tertiary/aromatic N) is 1. The Balaban J connectivity index is 3.77. The van der Waals surface area contributed by atoms with E-state index in [1.165, 1.54) is 0 Å². The molecule has 0 rings (SSSR count). The lowest BCUT2D eigenvalue weighted by Crippen LogP contribution is -2.42. The maximum Gasteiger partial charge on any atom is 0.424 e. The first-order chi connectivity index (χ1) is 6.37. The Morgan fingerprint density at radius 2 is 2.00 bits per heavy atom. The van der Waals surface area contributed by atoms with Gasteiger partial charge in [-0.25, -0.2) is 15.6 Å². The van der Waals surface area contributed by atoms with Crippen molar-refractivity contribution in [3.05, 3.63) is 0 Å². The summed E-state index contributed by atoms with van der Waals surface area (Å²) in [6, 6.07) is 0. The molecule has 0 aromatic rings. The first-order valence-corrected chi connectivity index (χ1v) is 4.61. The van der Waals surface area contributed by atoms with E-state index in [2.05, 4.69) is 0 Å². The predicted octanol–water partition coefficient (Wildman–Crippen LogP) is 1.13. The molecule has 5 heteroatoms. The van der Waals surface area contributed by atoms with Gasteiger partial charge in [-0.15, -0.1) is 0 Å². The minimum absolute atomic E-state index is 0.433. The largest absolute Gasteiger partial charge is 0.443 e. The van der Waals surface area contributed by atoms with Gasteiger partial charge in [-0.1, -0.05) is 0 Å². The number of carbonyl (C=O) groups excluding carboxylic acids is 1. The van der Waals surface area contributed by atoms with E-state index in [4.69, 9.17) is 15.3 Å². The van der Waals surface area contributed by atoms with E-state index in [0.717, 1.165) is 5.01 Å². The summed E-state index contributed by atoms with van der Waals surface area (Å²) in [4.78, 5) is 11.3. The van der Waals surface area contributed by atoms with Crippen LogP contribution >= 0.6 is 0 Å². The fourth-order valence-corrected chi connectivity index (χ4v) is 0.791. The van der Waals surface area contributed by atoms with Gasteiger partial charge >= 0.3 is 6.09 Å². The van der Waals surface area contributed by atoms with Crippen molar-refractivity contribution in [3.63, 3.8) is 0 Å². The molecule has 0 aliphatic heterocycles. The van der Waals surface area contributed by atoms with Crippen LogP contribution in [-0.4, -0.2) is 37.0 Å². The minimum atomic E-state index is -0.506. The Morgan fingerprint density at radius 3 is 2.43 bits per heavy atom. The summed E-state index contributed by atoms with van der Waals surface area (Å²) in [6.07, 6.45) is 0.195. The van der Waals surface area contributed by atoms with E-state index < -0.39 is 11.7 Å². The van der Waals surface area contributed by atoms with Gasteiger partial charge < -0.3 is 9.47 Å². The highest BCUT2D eigenvalue weighted by molar-refractivity contribution is 5.67. The predicted molar refractivity (Wildman–Crippen MR) is 53.6 cm³/mol. The highest BCUT2D eigenvalue weighted by atomic mass is 16.6. The number of amides is 1. The van der Waals surface area contributed by atoms with E-state index in [9.17, 15) is 4.79 Å². The number of rotatable bonds is 4. The molecule has 0 saturated carbocycles. The summed E-state index contributed by atoms with van der Waals surface area (Å²) in [5, 5.41) is 1.06. The summed E-state index contributed by atoms with van der Waals surface area (Å²) in [7, 11) is 1.61. The van der Waals surface area contributed by atoms with E-state index in [0.29, 0.717) is 19.6 Å². The van der Waals surface area contributed by atoms with Crippen LogP contribution < -0.4 is 5.84 Å². The highest BCUT2D eigenvalue weighted by Crippen LogP contribution is 2.08. The van der Waals surface area contributed by atoms with Crippen LogP contribution in [0.15, 0.2) is 0 Å². The van der Waals surface area contributed by atoms with Gasteiger partial charge in [0, 0.05) is 20.3 Å². The second kappa shape index (κ2) is 5.82. The summed E-state index contributed by atoms with van der Waals surface area (Å²) in [5.41, 5.74) is -0.504. The number of hydrogen-bond acceptors (Lipinski definition) is 4. The quantitative estimate of drug-likeness (QED) is 0.323. The Kier molecular flexibility index (Phi) is 5.49. The molecular weight excluding hydrogens is 184 g/mol. The monoisotopic (exact) mass is 204 g/mol. The van der Waals surface area contributed by atoms with Crippen molar-refractivity contribution in [3.8, 4) is 0 Å². The van der Waals surface area contributed by atoms with Gasteiger partial charge in [0.2, 0.25) is 0 Å². The Labute approximate surface area is 85.1 Å².